The third-order valence-electron chi connectivity index (χ3n) is 2.72. The standard InChI is InChI=1S/C13H17Cl2N5O/c1-8(2)7-21-4-3-20-13(17-18-19-20)10-5-9(16)6-11(14)12(10)15/h5-6,8H,3-4,7,16H2,1-2H3. The van der Waals surface area contributed by atoms with Crippen molar-refractivity contribution < 1.29 is 4.74 Å². The van der Waals surface area contributed by atoms with E-state index in [1.165, 1.54) is 0 Å². The second-order valence-corrected chi connectivity index (χ2v) is 5.84. The number of ether oxygens (including phenoxy) is 1. The summed E-state index contributed by atoms with van der Waals surface area (Å²) in [6.07, 6.45) is 0. The van der Waals surface area contributed by atoms with Gasteiger partial charge < -0.3 is 10.5 Å². The van der Waals surface area contributed by atoms with Crippen LogP contribution in [0.2, 0.25) is 10.0 Å². The Kier molecular flexibility index (Phi) is 5.39. The van der Waals surface area contributed by atoms with Crippen LogP contribution in [-0.2, 0) is 11.3 Å². The quantitative estimate of drug-likeness (QED) is 0.651. The number of nitrogens with two attached hydrogens (primary N) is 1. The first-order chi connectivity index (χ1) is 9.99. The molecule has 0 saturated heterocycles. The van der Waals surface area contributed by atoms with Gasteiger partial charge in [-0.3, -0.25) is 0 Å². The SMILES string of the molecule is CC(C)COCCn1nnnc1-c1cc(N)cc(Cl)c1Cl. The Balaban J connectivity index is 2.17. The first-order valence-electron chi connectivity index (χ1n) is 6.58. The monoisotopic (exact) mass is 329 g/mol. The van der Waals surface area contributed by atoms with Gasteiger partial charge >= 0.3 is 0 Å². The summed E-state index contributed by atoms with van der Waals surface area (Å²) in [5, 5.41) is 12.4. The number of nitrogens with zero attached hydrogens (tertiary/aromatic N) is 4. The normalized spacial score (nSPS) is 11.3. The van der Waals surface area contributed by atoms with Crippen molar-refractivity contribution in [2.45, 2.75) is 20.4 Å². The van der Waals surface area contributed by atoms with E-state index in [0.29, 0.717) is 52.8 Å². The fourth-order valence-corrected chi connectivity index (χ4v) is 2.21. The Morgan fingerprint density at radius 1 is 1.33 bits per heavy atom. The fraction of sp³-hybridized carbons (Fsp3) is 0.462. The van der Waals surface area contributed by atoms with Gasteiger partial charge in [-0.05, 0) is 28.5 Å². The van der Waals surface area contributed by atoms with Crippen LogP contribution in [0.4, 0.5) is 5.69 Å². The summed E-state index contributed by atoms with van der Waals surface area (Å²) >= 11 is 12.2. The van der Waals surface area contributed by atoms with Crippen molar-refractivity contribution in [3.8, 4) is 11.4 Å². The lowest BCUT2D eigenvalue weighted by atomic mass is 10.2. The van der Waals surface area contributed by atoms with Crippen LogP contribution >= 0.6 is 23.2 Å². The molecule has 0 amide bonds. The number of nitrogen functional groups attached to an aromatic ring is 1. The second-order valence-electron chi connectivity index (χ2n) is 5.06. The number of hydrogen-bond donors (Lipinski definition) is 1. The summed E-state index contributed by atoms with van der Waals surface area (Å²) in [6, 6.07) is 3.29. The summed E-state index contributed by atoms with van der Waals surface area (Å²) in [7, 11) is 0. The summed E-state index contributed by atoms with van der Waals surface area (Å²) < 4.78 is 7.16. The van der Waals surface area contributed by atoms with Crippen molar-refractivity contribution >= 4 is 28.9 Å². The Bertz CT molecular complexity index is 615. The van der Waals surface area contributed by atoms with E-state index in [4.69, 9.17) is 33.7 Å². The molecule has 2 N–H and O–H groups in total. The lowest BCUT2D eigenvalue weighted by molar-refractivity contribution is 0.101. The molecule has 2 aromatic rings. The zero-order valence-electron chi connectivity index (χ0n) is 11.9. The minimum atomic E-state index is 0.372. The molecule has 0 aliphatic carbocycles. The molecule has 0 fully saturated rings. The van der Waals surface area contributed by atoms with Gasteiger partial charge in [0.2, 0.25) is 0 Å². The lowest BCUT2D eigenvalue weighted by Gasteiger charge is -2.09. The third kappa shape index (κ3) is 4.06. The van der Waals surface area contributed by atoms with Crippen LogP contribution < -0.4 is 5.73 Å². The van der Waals surface area contributed by atoms with Gasteiger partial charge in [-0.25, -0.2) is 4.68 Å². The molecule has 21 heavy (non-hydrogen) atoms. The average molecular weight is 330 g/mol. The topological polar surface area (TPSA) is 78.8 Å². The number of aromatic nitrogens is 4. The summed E-state index contributed by atoms with van der Waals surface area (Å²) in [5.41, 5.74) is 6.91. The molecule has 0 bridgehead atoms. The van der Waals surface area contributed by atoms with Crippen LogP contribution in [0.3, 0.4) is 0 Å². The molecule has 1 heterocycles. The van der Waals surface area contributed by atoms with Gasteiger partial charge in [0.1, 0.15) is 0 Å². The van der Waals surface area contributed by atoms with E-state index in [9.17, 15) is 0 Å². The maximum Gasteiger partial charge on any atom is 0.183 e. The van der Waals surface area contributed by atoms with Gasteiger partial charge in [0.05, 0.1) is 23.2 Å². The number of tetrazole rings is 1. The second kappa shape index (κ2) is 7.06. The molecule has 114 valence electrons. The van der Waals surface area contributed by atoms with Crippen LogP contribution in [0.5, 0.6) is 0 Å². The molecule has 0 radical (unpaired) electrons. The Labute approximate surface area is 133 Å². The van der Waals surface area contributed by atoms with Gasteiger partial charge in [-0.15, -0.1) is 5.10 Å². The first kappa shape index (κ1) is 16.0. The first-order valence-corrected chi connectivity index (χ1v) is 7.33. The van der Waals surface area contributed by atoms with Gasteiger partial charge in [0, 0.05) is 17.9 Å². The predicted octanol–water partition coefficient (Wildman–Crippen LogP) is 2.90. The molecule has 1 aromatic carbocycles. The van der Waals surface area contributed by atoms with Gasteiger partial charge in [0.15, 0.2) is 5.82 Å². The number of halogens is 2. The largest absolute Gasteiger partial charge is 0.399 e. The van der Waals surface area contributed by atoms with E-state index >= 15 is 0 Å². The highest BCUT2D eigenvalue weighted by molar-refractivity contribution is 6.43. The van der Waals surface area contributed by atoms with Crippen molar-refractivity contribution in [1.29, 1.82) is 0 Å². The molecular weight excluding hydrogens is 313 g/mol. The zero-order valence-corrected chi connectivity index (χ0v) is 13.4. The number of hydrogen-bond acceptors (Lipinski definition) is 5. The highest BCUT2D eigenvalue weighted by Gasteiger charge is 2.15. The molecule has 1 aromatic heterocycles. The molecule has 8 heteroatoms. The minimum Gasteiger partial charge on any atom is -0.399 e. The van der Waals surface area contributed by atoms with Gasteiger partial charge in [0.25, 0.3) is 0 Å². The summed E-state index contributed by atoms with van der Waals surface area (Å²) in [5.74, 6) is 1.00. The highest BCUT2D eigenvalue weighted by Crippen LogP contribution is 2.34. The summed E-state index contributed by atoms with van der Waals surface area (Å²) in [6.45, 7) is 5.93. The molecule has 6 nitrogen and oxygen atoms in total. The minimum absolute atomic E-state index is 0.372. The highest BCUT2D eigenvalue weighted by atomic mass is 35.5. The van der Waals surface area contributed by atoms with E-state index < -0.39 is 0 Å². The van der Waals surface area contributed by atoms with Crippen molar-refractivity contribution in [3.05, 3.63) is 22.2 Å². The Morgan fingerprint density at radius 2 is 2.10 bits per heavy atom. The average Bonchev–Trinajstić information content (AvgIpc) is 2.87. The maximum atomic E-state index is 6.20. The van der Waals surface area contributed by atoms with E-state index in [0.717, 1.165) is 0 Å². The van der Waals surface area contributed by atoms with Crippen molar-refractivity contribution in [2.24, 2.45) is 5.92 Å². The summed E-state index contributed by atoms with van der Waals surface area (Å²) in [4.78, 5) is 0. The van der Waals surface area contributed by atoms with Crippen LogP contribution in [0, 0.1) is 5.92 Å². The fourth-order valence-electron chi connectivity index (χ4n) is 1.79. The van der Waals surface area contributed by atoms with Crippen LogP contribution in [0.1, 0.15) is 13.8 Å². The van der Waals surface area contributed by atoms with Crippen LogP contribution in [0.15, 0.2) is 12.1 Å². The van der Waals surface area contributed by atoms with E-state index in [1.807, 2.05) is 0 Å². The molecule has 0 aliphatic heterocycles. The molecule has 0 saturated carbocycles. The smallest absolute Gasteiger partial charge is 0.183 e. The van der Waals surface area contributed by atoms with Crippen LogP contribution in [0.25, 0.3) is 11.4 Å². The molecule has 2 rings (SSSR count). The number of benzene rings is 1. The lowest BCUT2D eigenvalue weighted by Crippen LogP contribution is -2.12. The molecule has 0 unspecified atom stereocenters. The van der Waals surface area contributed by atoms with Crippen LogP contribution in [-0.4, -0.2) is 33.4 Å². The Morgan fingerprint density at radius 3 is 2.81 bits per heavy atom. The number of rotatable bonds is 6. The number of anilines is 1. The molecule has 0 spiro atoms. The molecule has 0 atom stereocenters. The van der Waals surface area contributed by atoms with E-state index in [-0.39, 0.29) is 0 Å². The molecule has 0 aliphatic rings. The van der Waals surface area contributed by atoms with Crippen molar-refractivity contribution in [1.82, 2.24) is 20.2 Å². The zero-order chi connectivity index (χ0) is 15.4. The van der Waals surface area contributed by atoms with Crippen molar-refractivity contribution in [2.75, 3.05) is 18.9 Å². The third-order valence-corrected chi connectivity index (χ3v) is 3.52. The molecular formula is C13H17Cl2N5O. The predicted molar refractivity (Wildman–Crippen MR) is 83.3 cm³/mol. The van der Waals surface area contributed by atoms with Crippen molar-refractivity contribution in [3.63, 3.8) is 0 Å². The van der Waals surface area contributed by atoms with E-state index in [2.05, 4.69) is 29.4 Å². The van der Waals surface area contributed by atoms with E-state index in [1.54, 1.807) is 16.8 Å². The Hall–Kier alpha value is -1.37. The van der Waals surface area contributed by atoms with Gasteiger partial charge in [-0.1, -0.05) is 37.0 Å². The maximum absolute atomic E-state index is 6.20. The van der Waals surface area contributed by atoms with Gasteiger partial charge in [-0.2, -0.15) is 0 Å².